The summed E-state index contributed by atoms with van der Waals surface area (Å²) in [5.74, 6) is 1.59. The van der Waals surface area contributed by atoms with Crippen LogP contribution >= 0.6 is 23.3 Å². The van der Waals surface area contributed by atoms with Gasteiger partial charge in [0.25, 0.3) is 0 Å². The topological polar surface area (TPSA) is 56.5 Å². The van der Waals surface area contributed by atoms with Crippen LogP contribution in [-0.4, -0.2) is 24.1 Å². The van der Waals surface area contributed by atoms with E-state index in [2.05, 4.69) is 24.1 Å². The fourth-order valence-electron chi connectivity index (χ4n) is 2.32. The molecule has 0 amide bonds. The molecule has 0 atom stereocenters. The number of rotatable bonds is 4. The molecule has 0 saturated carbocycles. The third kappa shape index (κ3) is 2.95. The predicted molar refractivity (Wildman–Crippen MR) is 95.6 cm³/mol. The summed E-state index contributed by atoms with van der Waals surface area (Å²) in [5.41, 5.74) is 2.04. The number of benzene rings is 2. The SMILES string of the molecule is Cc1nsc(Sc2nnc(-c3ccccc3)n2-c2ccccc2)n1. The molecule has 5 nitrogen and oxygen atoms in total. The van der Waals surface area contributed by atoms with E-state index in [0.717, 1.165) is 32.4 Å². The van der Waals surface area contributed by atoms with Crippen LogP contribution in [0.2, 0.25) is 0 Å². The van der Waals surface area contributed by atoms with Crippen LogP contribution in [-0.2, 0) is 0 Å². The van der Waals surface area contributed by atoms with Gasteiger partial charge in [0.15, 0.2) is 10.2 Å². The molecule has 0 bridgehead atoms. The molecule has 0 fully saturated rings. The lowest BCUT2D eigenvalue weighted by atomic mass is 10.2. The molecule has 4 aromatic rings. The molecule has 0 aliphatic carbocycles. The summed E-state index contributed by atoms with van der Waals surface area (Å²) in [4.78, 5) is 4.41. The Hall–Kier alpha value is -2.51. The highest BCUT2D eigenvalue weighted by atomic mass is 32.2. The molecule has 0 aliphatic rings. The lowest BCUT2D eigenvalue weighted by Gasteiger charge is -2.09. The monoisotopic (exact) mass is 351 g/mol. The fraction of sp³-hybridized carbons (Fsp3) is 0.0588. The summed E-state index contributed by atoms with van der Waals surface area (Å²) < 4.78 is 7.14. The van der Waals surface area contributed by atoms with E-state index in [9.17, 15) is 0 Å². The third-order valence-corrected chi connectivity index (χ3v) is 5.16. The van der Waals surface area contributed by atoms with Crippen LogP contribution in [0.15, 0.2) is 70.2 Å². The van der Waals surface area contributed by atoms with Gasteiger partial charge >= 0.3 is 0 Å². The van der Waals surface area contributed by atoms with Crippen LogP contribution < -0.4 is 0 Å². The van der Waals surface area contributed by atoms with Gasteiger partial charge in [-0.25, -0.2) is 4.98 Å². The molecule has 0 aliphatic heterocycles. The maximum atomic E-state index is 4.41. The molecule has 24 heavy (non-hydrogen) atoms. The van der Waals surface area contributed by atoms with E-state index in [-0.39, 0.29) is 0 Å². The van der Waals surface area contributed by atoms with E-state index in [0.29, 0.717) is 0 Å². The van der Waals surface area contributed by atoms with Crippen LogP contribution in [0.1, 0.15) is 5.82 Å². The van der Waals surface area contributed by atoms with E-state index in [1.165, 1.54) is 23.3 Å². The molecule has 0 unspecified atom stereocenters. The molecule has 2 heterocycles. The fourth-order valence-corrected chi connectivity index (χ4v) is 3.92. The van der Waals surface area contributed by atoms with E-state index in [1.807, 2.05) is 67.6 Å². The van der Waals surface area contributed by atoms with Gasteiger partial charge in [0, 0.05) is 11.3 Å². The lowest BCUT2D eigenvalue weighted by Crippen LogP contribution is -1.99. The summed E-state index contributed by atoms with van der Waals surface area (Å²) in [6.45, 7) is 1.89. The maximum Gasteiger partial charge on any atom is 0.203 e. The number of aromatic nitrogens is 5. The van der Waals surface area contributed by atoms with Crippen LogP contribution in [0.3, 0.4) is 0 Å². The molecule has 7 heteroatoms. The van der Waals surface area contributed by atoms with Crippen molar-refractivity contribution < 1.29 is 0 Å². The van der Waals surface area contributed by atoms with Gasteiger partial charge in [0.05, 0.1) is 0 Å². The first-order chi connectivity index (χ1) is 11.8. The molecule has 0 radical (unpaired) electrons. The van der Waals surface area contributed by atoms with Crippen LogP contribution in [0, 0.1) is 6.92 Å². The quantitative estimate of drug-likeness (QED) is 0.550. The Bertz CT molecular complexity index is 948. The summed E-state index contributed by atoms with van der Waals surface area (Å²) in [6, 6.07) is 20.2. The minimum absolute atomic E-state index is 0.774. The first kappa shape index (κ1) is 15.0. The first-order valence-corrected chi connectivity index (χ1v) is 8.95. The molecular formula is C17H13N5S2. The average molecular weight is 351 g/mol. The van der Waals surface area contributed by atoms with Crippen molar-refractivity contribution in [1.29, 1.82) is 0 Å². The zero-order valence-corrected chi connectivity index (χ0v) is 14.5. The molecule has 118 valence electrons. The van der Waals surface area contributed by atoms with Gasteiger partial charge in [-0.15, -0.1) is 10.2 Å². The van der Waals surface area contributed by atoms with Crippen molar-refractivity contribution in [2.24, 2.45) is 0 Å². The number of nitrogens with zero attached hydrogens (tertiary/aromatic N) is 5. The van der Waals surface area contributed by atoms with Crippen molar-refractivity contribution in [3.63, 3.8) is 0 Å². The van der Waals surface area contributed by atoms with Gasteiger partial charge in [0.2, 0.25) is 5.16 Å². The van der Waals surface area contributed by atoms with Crippen molar-refractivity contribution in [3.8, 4) is 17.1 Å². The van der Waals surface area contributed by atoms with Gasteiger partial charge < -0.3 is 0 Å². The molecule has 2 aromatic carbocycles. The van der Waals surface area contributed by atoms with Gasteiger partial charge in [0.1, 0.15) is 5.82 Å². The summed E-state index contributed by atoms with van der Waals surface area (Å²) in [7, 11) is 0. The molecular weight excluding hydrogens is 338 g/mol. The van der Waals surface area contributed by atoms with Gasteiger partial charge in [-0.1, -0.05) is 48.5 Å². The Morgan fingerprint density at radius 3 is 2.29 bits per heavy atom. The third-order valence-electron chi connectivity index (χ3n) is 3.37. The van der Waals surface area contributed by atoms with Crippen LogP contribution in [0.25, 0.3) is 17.1 Å². The predicted octanol–water partition coefficient (Wildman–Crippen LogP) is 4.25. The number of hydrogen-bond donors (Lipinski definition) is 0. The van der Waals surface area contributed by atoms with Crippen LogP contribution in [0.5, 0.6) is 0 Å². The van der Waals surface area contributed by atoms with Crippen molar-refractivity contribution in [3.05, 3.63) is 66.5 Å². The Morgan fingerprint density at radius 1 is 0.917 bits per heavy atom. The summed E-state index contributed by atoms with van der Waals surface area (Å²) in [5, 5.41) is 9.58. The maximum absolute atomic E-state index is 4.41. The van der Waals surface area contributed by atoms with Crippen molar-refractivity contribution in [2.75, 3.05) is 0 Å². The number of hydrogen-bond acceptors (Lipinski definition) is 6. The normalized spacial score (nSPS) is 10.9. The zero-order chi connectivity index (χ0) is 16.4. The highest BCUT2D eigenvalue weighted by molar-refractivity contribution is 8.00. The number of para-hydroxylation sites is 1. The second-order valence-corrected chi connectivity index (χ2v) is 7.02. The smallest absolute Gasteiger partial charge is 0.203 e. The second-order valence-electron chi connectivity index (χ2n) is 5.05. The minimum Gasteiger partial charge on any atom is -0.270 e. The van der Waals surface area contributed by atoms with Gasteiger partial charge in [-0.2, -0.15) is 4.37 Å². The van der Waals surface area contributed by atoms with E-state index < -0.39 is 0 Å². The second kappa shape index (κ2) is 6.54. The van der Waals surface area contributed by atoms with Crippen molar-refractivity contribution >= 4 is 23.3 Å². The Kier molecular flexibility index (Phi) is 4.10. The summed E-state index contributed by atoms with van der Waals surface area (Å²) in [6.07, 6.45) is 0. The Morgan fingerprint density at radius 2 is 1.62 bits per heavy atom. The van der Waals surface area contributed by atoms with E-state index in [4.69, 9.17) is 0 Å². The highest BCUT2D eigenvalue weighted by Gasteiger charge is 2.17. The molecule has 0 saturated heterocycles. The lowest BCUT2D eigenvalue weighted by molar-refractivity contribution is 0.885. The molecule has 0 spiro atoms. The highest BCUT2D eigenvalue weighted by Crippen LogP contribution is 2.32. The van der Waals surface area contributed by atoms with E-state index in [1.54, 1.807) is 0 Å². The largest absolute Gasteiger partial charge is 0.270 e. The first-order valence-electron chi connectivity index (χ1n) is 7.36. The Labute approximate surface area is 147 Å². The standard InChI is InChI=1S/C17H13N5S2/c1-12-18-17(24-21-12)23-16-20-19-15(13-8-4-2-5-9-13)22(16)14-10-6-3-7-11-14/h2-11H,1H3. The van der Waals surface area contributed by atoms with Crippen molar-refractivity contribution in [1.82, 2.24) is 24.1 Å². The molecule has 2 aromatic heterocycles. The van der Waals surface area contributed by atoms with E-state index >= 15 is 0 Å². The summed E-state index contributed by atoms with van der Waals surface area (Å²) >= 11 is 2.85. The molecule has 0 N–H and O–H groups in total. The van der Waals surface area contributed by atoms with Gasteiger partial charge in [-0.3, -0.25) is 4.57 Å². The average Bonchev–Trinajstić information content (AvgIpc) is 3.23. The van der Waals surface area contributed by atoms with Crippen molar-refractivity contribution in [2.45, 2.75) is 16.4 Å². The Balaban J connectivity index is 1.84. The zero-order valence-electron chi connectivity index (χ0n) is 12.8. The minimum atomic E-state index is 0.774. The molecule has 4 rings (SSSR count). The van der Waals surface area contributed by atoms with Gasteiger partial charge in [-0.05, 0) is 42.4 Å². The number of aryl methyl sites for hydroxylation is 1. The van der Waals surface area contributed by atoms with Crippen LogP contribution in [0.4, 0.5) is 0 Å².